The van der Waals surface area contributed by atoms with Crippen LogP contribution in [0.15, 0.2) is 47.5 Å². The molecule has 2 aromatic rings. The lowest BCUT2D eigenvalue weighted by Crippen LogP contribution is -2.51. The van der Waals surface area contributed by atoms with Crippen LogP contribution >= 0.6 is 0 Å². The zero-order valence-corrected chi connectivity index (χ0v) is 24.1. The number of nitrogens with zero attached hydrogens (tertiary/aromatic N) is 2. The van der Waals surface area contributed by atoms with Crippen LogP contribution in [-0.4, -0.2) is 40.5 Å². The van der Waals surface area contributed by atoms with Crippen LogP contribution in [0.1, 0.15) is 98.8 Å². The first kappa shape index (κ1) is 29.4. The Morgan fingerprint density at radius 1 is 1.20 bits per heavy atom. The Balaban J connectivity index is 1.72. The number of aryl methyl sites for hydroxylation is 1. The highest BCUT2D eigenvalue weighted by Gasteiger charge is 2.52. The molecule has 0 saturated heterocycles. The second kappa shape index (κ2) is 12.3. The van der Waals surface area contributed by atoms with Crippen LogP contribution in [-0.2, 0) is 4.79 Å². The summed E-state index contributed by atoms with van der Waals surface area (Å²) in [5, 5.41) is 9.98. The van der Waals surface area contributed by atoms with E-state index in [4.69, 9.17) is 16.1 Å². The van der Waals surface area contributed by atoms with Crippen molar-refractivity contribution in [3.63, 3.8) is 0 Å². The summed E-state index contributed by atoms with van der Waals surface area (Å²) in [6.07, 6.45) is 6.27. The Labute approximate surface area is 236 Å². The highest BCUT2D eigenvalue weighted by Crippen LogP contribution is 2.48. The Morgan fingerprint density at radius 3 is 2.45 bits per heavy atom. The number of aliphatic imine (C=N–C) groups is 1. The number of benzene rings is 2. The average molecular weight is 548 g/mol. The largest absolute Gasteiger partial charge is 0.386 e. The molecule has 0 unspecified atom stereocenters. The van der Waals surface area contributed by atoms with Crippen molar-refractivity contribution in [2.45, 2.75) is 84.3 Å². The molecule has 7 nitrogen and oxygen atoms in total. The quantitative estimate of drug-likeness (QED) is 0.254. The Hall–Kier alpha value is -3.55. The molecule has 1 heterocycles. The highest BCUT2D eigenvalue weighted by molar-refractivity contribution is 6.46. The van der Waals surface area contributed by atoms with E-state index in [2.05, 4.69) is 26.1 Å². The van der Waals surface area contributed by atoms with Gasteiger partial charge < -0.3 is 16.0 Å². The van der Waals surface area contributed by atoms with Crippen molar-refractivity contribution < 1.29 is 14.0 Å². The topological polar surface area (TPSA) is 112 Å². The molecule has 0 aromatic heterocycles. The molecule has 214 valence electrons. The lowest BCUT2D eigenvalue weighted by atomic mass is 9.76. The monoisotopic (exact) mass is 547 g/mol. The minimum Gasteiger partial charge on any atom is -0.386 e. The van der Waals surface area contributed by atoms with Gasteiger partial charge in [0.05, 0.1) is 12.6 Å². The van der Waals surface area contributed by atoms with Crippen LogP contribution in [0.3, 0.4) is 0 Å². The van der Waals surface area contributed by atoms with Crippen molar-refractivity contribution in [3.05, 3.63) is 70.5 Å². The summed E-state index contributed by atoms with van der Waals surface area (Å²) in [4.78, 5) is 34.0. The van der Waals surface area contributed by atoms with Gasteiger partial charge in [0, 0.05) is 11.1 Å². The maximum atomic E-state index is 14.3. The standard InChI is InChI=1S/C32H42FN5O2/c1-5-6-7-27(23-8-10-24(11-9-23)30(39)36-19-28(34)35)38-31(40)29(25-12-13-26(33)21(4)18-25)37-32(38)16-14-22(15-17-32)20(2)3/h8-13,18,20,22,27H,5-7,14-17,19H2,1-4H3,(H3,34,35)(H,36,39)/t22?,27-,32?/m1/s1. The molecule has 1 fully saturated rings. The van der Waals surface area contributed by atoms with E-state index in [0.717, 1.165) is 50.5 Å². The first-order chi connectivity index (χ1) is 19.1. The first-order valence-corrected chi connectivity index (χ1v) is 14.5. The number of amides is 2. The molecule has 2 amide bonds. The third kappa shape index (κ3) is 6.11. The fraction of sp³-hybridized carbons (Fsp3) is 0.500. The van der Waals surface area contributed by atoms with Gasteiger partial charge in [-0.3, -0.25) is 20.0 Å². The Morgan fingerprint density at radius 2 is 1.88 bits per heavy atom. The van der Waals surface area contributed by atoms with Gasteiger partial charge in [0.15, 0.2) is 0 Å². The first-order valence-electron chi connectivity index (χ1n) is 14.5. The predicted octanol–water partition coefficient (Wildman–Crippen LogP) is 5.91. The van der Waals surface area contributed by atoms with E-state index in [9.17, 15) is 14.0 Å². The minimum atomic E-state index is -0.643. The molecule has 1 spiro atoms. The van der Waals surface area contributed by atoms with Gasteiger partial charge in [0.1, 0.15) is 23.0 Å². The molecular weight excluding hydrogens is 505 g/mol. The van der Waals surface area contributed by atoms with E-state index in [-0.39, 0.29) is 36.1 Å². The molecular formula is C32H42FN5O2. The maximum Gasteiger partial charge on any atom is 0.275 e. The third-order valence-corrected chi connectivity index (χ3v) is 8.53. The van der Waals surface area contributed by atoms with E-state index in [1.54, 1.807) is 31.2 Å². The summed E-state index contributed by atoms with van der Waals surface area (Å²) in [6.45, 7) is 8.35. The number of nitrogens with one attached hydrogen (secondary N) is 2. The van der Waals surface area contributed by atoms with E-state index in [0.29, 0.717) is 34.2 Å². The van der Waals surface area contributed by atoms with E-state index < -0.39 is 5.66 Å². The zero-order chi connectivity index (χ0) is 29.0. The summed E-state index contributed by atoms with van der Waals surface area (Å²) in [6, 6.07) is 11.9. The molecule has 1 aliphatic heterocycles. The fourth-order valence-electron chi connectivity index (χ4n) is 6.12. The fourth-order valence-corrected chi connectivity index (χ4v) is 6.12. The van der Waals surface area contributed by atoms with Gasteiger partial charge in [-0.1, -0.05) is 45.7 Å². The normalized spacial score (nSPS) is 21.6. The van der Waals surface area contributed by atoms with Crippen LogP contribution in [0.4, 0.5) is 4.39 Å². The lowest BCUT2D eigenvalue weighted by molar-refractivity contribution is -0.133. The number of unbranched alkanes of at least 4 members (excludes halogenated alkanes) is 1. The number of rotatable bonds is 10. The Bertz CT molecular complexity index is 1280. The SMILES string of the molecule is CCCC[C@H](c1ccc(C(=O)NCC(=N)N)cc1)N1C(=O)C(c2ccc(F)c(C)c2)=NC12CCC(C(C)C)CC2. The number of carbonyl (C=O) groups excluding carboxylic acids is 2. The number of amidine groups is 1. The Kier molecular flexibility index (Phi) is 9.06. The molecule has 40 heavy (non-hydrogen) atoms. The molecule has 1 atom stereocenters. The van der Waals surface area contributed by atoms with Crippen LogP contribution in [0.5, 0.6) is 0 Å². The number of nitrogens with two attached hydrogens (primary N) is 1. The summed E-state index contributed by atoms with van der Waals surface area (Å²) < 4.78 is 14.1. The highest BCUT2D eigenvalue weighted by atomic mass is 19.1. The van der Waals surface area contributed by atoms with Crippen LogP contribution in [0.2, 0.25) is 0 Å². The smallest absolute Gasteiger partial charge is 0.275 e. The van der Waals surface area contributed by atoms with Crippen LogP contribution in [0.25, 0.3) is 0 Å². The molecule has 2 aromatic carbocycles. The maximum absolute atomic E-state index is 14.3. The summed E-state index contributed by atoms with van der Waals surface area (Å²) in [5.41, 5.74) is 7.72. The zero-order valence-electron chi connectivity index (χ0n) is 24.1. The van der Waals surface area contributed by atoms with E-state index in [1.807, 2.05) is 17.0 Å². The predicted molar refractivity (Wildman–Crippen MR) is 157 cm³/mol. The van der Waals surface area contributed by atoms with Gasteiger partial charge >= 0.3 is 0 Å². The van der Waals surface area contributed by atoms with E-state index >= 15 is 0 Å². The van der Waals surface area contributed by atoms with Gasteiger partial charge in [-0.15, -0.1) is 0 Å². The number of halogens is 1. The third-order valence-electron chi connectivity index (χ3n) is 8.53. The second-order valence-electron chi connectivity index (χ2n) is 11.7. The summed E-state index contributed by atoms with van der Waals surface area (Å²) in [5.74, 6) is 0.345. The van der Waals surface area contributed by atoms with Gasteiger partial charge in [0.25, 0.3) is 11.8 Å². The van der Waals surface area contributed by atoms with Gasteiger partial charge in [-0.2, -0.15) is 0 Å². The summed E-state index contributed by atoms with van der Waals surface area (Å²) in [7, 11) is 0. The van der Waals surface area contributed by atoms with Crippen molar-refractivity contribution in [1.29, 1.82) is 5.41 Å². The molecule has 0 bridgehead atoms. The van der Waals surface area contributed by atoms with Crippen molar-refractivity contribution >= 4 is 23.4 Å². The molecule has 2 aliphatic rings. The number of hydrogen-bond donors (Lipinski definition) is 3. The molecule has 4 rings (SSSR count). The molecule has 1 saturated carbocycles. The molecule has 8 heteroatoms. The van der Waals surface area contributed by atoms with Crippen LogP contribution in [0, 0.1) is 30.0 Å². The molecule has 4 N–H and O–H groups in total. The average Bonchev–Trinajstić information content (AvgIpc) is 3.21. The van der Waals surface area contributed by atoms with Crippen molar-refractivity contribution in [3.8, 4) is 0 Å². The number of hydrogen-bond acceptors (Lipinski definition) is 4. The summed E-state index contributed by atoms with van der Waals surface area (Å²) >= 11 is 0. The second-order valence-corrected chi connectivity index (χ2v) is 11.7. The van der Waals surface area contributed by atoms with Crippen molar-refractivity contribution in [2.24, 2.45) is 22.6 Å². The van der Waals surface area contributed by atoms with Crippen molar-refractivity contribution in [1.82, 2.24) is 10.2 Å². The lowest BCUT2D eigenvalue weighted by Gasteiger charge is -2.46. The van der Waals surface area contributed by atoms with Gasteiger partial charge in [-0.05, 0) is 92.3 Å². The minimum absolute atomic E-state index is 0.00907. The van der Waals surface area contributed by atoms with Crippen LogP contribution < -0.4 is 11.1 Å². The van der Waals surface area contributed by atoms with Gasteiger partial charge in [-0.25, -0.2) is 4.39 Å². The van der Waals surface area contributed by atoms with Gasteiger partial charge in [0.2, 0.25) is 0 Å². The van der Waals surface area contributed by atoms with Crippen molar-refractivity contribution in [2.75, 3.05) is 6.54 Å². The molecule has 1 aliphatic carbocycles. The number of carbonyl (C=O) groups is 2. The van der Waals surface area contributed by atoms with E-state index in [1.165, 1.54) is 6.07 Å². The molecule has 0 radical (unpaired) electrons.